The Balaban J connectivity index is 4.17. The van der Waals surface area contributed by atoms with Crippen molar-refractivity contribution >= 4 is 17.9 Å². The molecule has 0 bridgehead atoms. The number of carbonyl (C=O) groups excluding carboxylic acids is 3. The van der Waals surface area contributed by atoms with E-state index in [0.29, 0.717) is 19.3 Å². The molecule has 0 N–H and O–H groups in total. The molecule has 0 saturated carbocycles. The molecule has 6 heteroatoms. The van der Waals surface area contributed by atoms with E-state index >= 15 is 0 Å². The van der Waals surface area contributed by atoms with Crippen LogP contribution in [-0.4, -0.2) is 37.2 Å². The highest BCUT2D eigenvalue weighted by molar-refractivity contribution is 5.71. The lowest BCUT2D eigenvalue weighted by atomic mass is 10.0. The largest absolute Gasteiger partial charge is 0.462 e. The first-order valence-electron chi connectivity index (χ1n) is 35.8. The Bertz CT molecular complexity index is 1440. The van der Waals surface area contributed by atoms with Crippen LogP contribution in [0.5, 0.6) is 0 Å². The van der Waals surface area contributed by atoms with Crippen LogP contribution >= 0.6 is 0 Å². The zero-order valence-corrected chi connectivity index (χ0v) is 54.3. The van der Waals surface area contributed by atoms with Gasteiger partial charge in [-0.2, -0.15) is 0 Å². The third kappa shape index (κ3) is 67.8. The van der Waals surface area contributed by atoms with Crippen molar-refractivity contribution in [3.63, 3.8) is 0 Å². The third-order valence-corrected chi connectivity index (χ3v) is 16.0. The fourth-order valence-corrected chi connectivity index (χ4v) is 10.7. The predicted octanol–water partition coefficient (Wildman–Crippen LogP) is 24.7. The fraction of sp³-hybridized carbons (Fsp3) is 0.827. The van der Waals surface area contributed by atoms with E-state index in [9.17, 15) is 14.4 Å². The molecule has 0 aliphatic carbocycles. The molecule has 472 valence electrons. The lowest BCUT2D eigenvalue weighted by Crippen LogP contribution is -2.30. The van der Waals surface area contributed by atoms with Crippen LogP contribution in [0, 0.1) is 0 Å². The zero-order chi connectivity index (χ0) is 58.5. The highest BCUT2D eigenvalue weighted by Crippen LogP contribution is 2.19. The summed E-state index contributed by atoms with van der Waals surface area (Å²) in [5, 5.41) is 0. The van der Waals surface area contributed by atoms with Crippen molar-refractivity contribution in [1.82, 2.24) is 0 Å². The highest BCUT2D eigenvalue weighted by atomic mass is 16.6. The Hall–Kier alpha value is -2.89. The normalized spacial score (nSPS) is 12.4. The standard InChI is InChI=1S/C75H136O6/c1-4-7-10-13-16-19-22-24-26-28-30-32-34-35-36-37-38-39-41-42-44-46-48-50-53-56-59-62-65-68-74(77)80-71-72(70-79-73(76)67-64-61-58-55-52-21-18-15-12-9-6-3)81-75(78)69-66-63-60-57-54-51-49-47-45-43-40-33-31-29-27-25-23-20-17-14-11-8-5-2/h7,10,16,19,24,26,30,32,35-36,72H,4-6,8-9,11-15,17-18,20-23,25,27-29,31,33-34,37-71H2,1-3H3/b10-7-,19-16-,26-24-,32-30-,36-35-. The Morgan fingerprint density at radius 1 is 0.259 bits per heavy atom. The van der Waals surface area contributed by atoms with Gasteiger partial charge in [-0.1, -0.05) is 358 Å². The second-order valence-corrected chi connectivity index (χ2v) is 24.1. The van der Waals surface area contributed by atoms with Crippen molar-refractivity contribution in [2.45, 2.75) is 386 Å². The summed E-state index contributed by atoms with van der Waals surface area (Å²) in [6.45, 7) is 6.59. The van der Waals surface area contributed by atoms with Crippen molar-refractivity contribution in [3.05, 3.63) is 60.8 Å². The quantitative estimate of drug-likeness (QED) is 0.0261. The first kappa shape index (κ1) is 78.1. The van der Waals surface area contributed by atoms with Gasteiger partial charge in [-0.3, -0.25) is 14.4 Å². The Morgan fingerprint density at radius 2 is 0.481 bits per heavy atom. The number of hydrogen-bond acceptors (Lipinski definition) is 6. The molecule has 0 aliphatic heterocycles. The van der Waals surface area contributed by atoms with Crippen LogP contribution in [0.1, 0.15) is 380 Å². The molecule has 0 aliphatic rings. The van der Waals surface area contributed by atoms with Gasteiger partial charge in [-0.15, -0.1) is 0 Å². The summed E-state index contributed by atoms with van der Waals surface area (Å²) < 4.78 is 17.0. The molecule has 0 aromatic carbocycles. The molecule has 1 unspecified atom stereocenters. The molecule has 0 radical (unpaired) electrons. The van der Waals surface area contributed by atoms with Crippen molar-refractivity contribution in [2.24, 2.45) is 0 Å². The van der Waals surface area contributed by atoms with Crippen LogP contribution in [0.2, 0.25) is 0 Å². The van der Waals surface area contributed by atoms with Crippen LogP contribution in [-0.2, 0) is 28.6 Å². The van der Waals surface area contributed by atoms with Gasteiger partial charge >= 0.3 is 17.9 Å². The Morgan fingerprint density at radius 3 is 0.753 bits per heavy atom. The number of hydrogen-bond donors (Lipinski definition) is 0. The molecule has 0 heterocycles. The van der Waals surface area contributed by atoms with Gasteiger partial charge in [-0.25, -0.2) is 0 Å². The minimum atomic E-state index is -0.771. The molecule has 0 saturated heterocycles. The van der Waals surface area contributed by atoms with E-state index in [1.54, 1.807) is 0 Å². The summed E-state index contributed by atoms with van der Waals surface area (Å²) >= 11 is 0. The zero-order valence-electron chi connectivity index (χ0n) is 54.3. The molecular weight excluding hydrogens is 997 g/mol. The second-order valence-electron chi connectivity index (χ2n) is 24.1. The average Bonchev–Trinajstić information content (AvgIpc) is 3.47. The maximum Gasteiger partial charge on any atom is 0.306 e. The summed E-state index contributed by atoms with van der Waals surface area (Å²) in [5.41, 5.74) is 0. The van der Waals surface area contributed by atoms with Gasteiger partial charge in [0.1, 0.15) is 13.2 Å². The topological polar surface area (TPSA) is 78.9 Å². The summed E-state index contributed by atoms with van der Waals surface area (Å²) in [5.74, 6) is -0.843. The van der Waals surface area contributed by atoms with Gasteiger partial charge in [0, 0.05) is 19.3 Å². The van der Waals surface area contributed by atoms with Gasteiger partial charge in [-0.05, 0) is 64.2 Å². The number of esters is 3. The molecule has 0 fully saturated rings. The molecule has 0 amide bonds. The molecule has 0 spiro atoms. The van der Waals surface area contributed by atoms with E-state index < -0.39 is 6.10 Å². The maximum atomic E-state index is 12.9. The van der Waals surface area contributed by atoms with E-state index in [-0.39, 0.29) is 31.1 Å². The molecular formula is C75H136O6. The summed E-state index contributed by atoms with van der Waals surface area (Å²) in [6, 6.07) is 0. The van der Waals surface area contributed by atoms with Crippen molar-refractivity contribution in [1.29, 1.82) is 0 Å². The lowest BCUT2D eigenvalue weighted by Gasteiger charge is -2.18. The maximum absolute atomic E-state index is 12.9. The van der Waals surface area contributed by atoms with Gasteiger partial charge in [0.2, 0.25) is 0 Å². The summed E-state index contributed by atoms with van der Waals surface area (Å²) in [4.78, 5) is 38.4. The monoisotopic (exact) mass is 1130 g/mol. The van der Waals surface area contributed by atoms with Crippen molar-refractivity contribution in [3.8, 4) is 0 Å². The van der Waals surface area contributed by atoms with Crippen LogP contribution in [0.3, 0.4) is 0 Å². The fourth-order valence-electron chi connectivity index (χ4n) is 10.7. The minimum Gasteiger partial charge on any atom is -0.462 e. The van der Waals surface area contributed by atoms with E-state index in [1.165, 1.54) is 250 Å². The van der Waals surface area contributed by atoms with E-state index in [2.05, 4.69) is 81.5 Å². The summed E-state index contributed by atoms with van der Waals surface area (Å²) in [7, 11) is 0. The first-order chi connectivity index (χ1) is 40.0. The molecule has 0 rings (SSSR count). The van der Waals surface area contributed by atoms with Gasteiger partial charge < -0.3 is 14.2 Å². The van der Waals surface area contributed by atoms with Gasteiger partial charge in [0.05, 0.1) is 0 Å². The van der Waals surface area contributed by atoms with Crippen molar-refractivity contribution in [2.75, 3.05) is 13.2 Å². The van der Waals surface area contributed by atoms with Crippen LogP contribution < -0.4 is 0 Å². The molecule has 0 aromatic rings. The smallest absolute Gasteiger partial charge is 0.306 e. The molecule has 1 atom stereocenters. The number of unbranched alkanes of at least 4 members (excludes halogenated alkanes) is 45. The number of allylic oxidation sites excluding steroid dienone is 10. The lowest BCUT2D eigenvalue weighted by molar-refractivity contribution is -0.167. The van der Waals surface area contributed by atoms with E-state index in [0.717, 1.165) is 89.9 Å². The second kappa shape index (κ2) is 69.6. The van der Waals surface area contributed by atoms with Crippen LogP contribution in [0.15, 0.2) is 60.8 Å². The van der Waals surface area contributed by atoms with Crippen molar-refractivity contribution < 1.29 is 28.6 Å². The van der Waals surface area contributed by atoms with Crippen LogP contribution in [0.25, 0.3) is 0 Å². The average molecular weight is 1130 g/mol. The third-order valence-electron chi connectivity index (χ3n) is 16.0. The van der Waals surface area contributed by atoms with E-state index in [4.69, 9.17) is 14.2 Å². The molecule has 6 nitrogen and oxygen atoms in total. The Kier molecular flexibility index (Phi) is 67.1. The first-order valence-corrected chi connectivity index (χ1v) is 35.8. The Labute approximate surface area is 504 Å². The SMILES string of the molecule is CC/C=C\C/C=C\C/C=C\C/C=C\C/C=C\CCCCCCCCCCCCCCCC(=O)OCC(COC(=O)CCCCCCCCCCCCC)OC(=O)CCCCCCCCCCCCCCCCCCCCCCCCC. The van der Waals surface area contributed by atoms with Gasteiger partial charge in [0.15, 0.2) is 6.10 Å². The number of rotatable bonds is 66. The van der Waals surface area contributed by atoms with E-state index in [1.807, 2.05) is 0 Å². The molecule has 0 aromatic heterocycles. The number of ether oxygens (including phenoxy) is 3. The molecule has 81 heavy (non-hydrogen) atoms. The van der Waals surface area contributed by atoms with Crippen LogP contribution in [0.4, 0.5) is 0 Å². The summed E-state index contributed by atoms with van der Waals surface area (Å²) in [6.07, 6.45) is 89.7. The van der Waals surface area contributed by atoms with Gasteiger partial charge in [0.25, 0.3) is 0 Å². The highest BCUT2D eigenvalue weighted by Gasteiger charge is 2.19. The number of carbonyl (C=O) groups is 3. The minimum absolute atomic E-state index is 0.0677. The predicted molar refractivity (Wildman–Crippen MR) is 353 cm³/mol.